The molecule has 20 heavy (non-hydrogen) atoms. The molecule has 0 heterocycles. The first-order chi connectivity index (χ1) is 9.44. The standard InChI is InChI=1S/C17H28N2O/c1-5-20-15-8-6-7-14(16(15)18)19(4)13-9-11-17(2,3)12-10-13/h6-8,13H,5,9-12,18H2,1-4H3. The third-order valence-corrected chi connectivity index (χ3v) is 4.58. The SMILES string of the molecule is CCOc1cccc(N(C)C2CCC(C)(C)CC2)c1N. The molecule has 0 bridgehead atoms. The van der Waals surface area contributed by atoms with E-state index in [1.807, 2.05) is 19.1 Å². The van der Waals surface area contributed by atoms with Crippen molar-refractivity contribution in [3.05, 3.63) is 18.2 Å². The van der Waals surface area contributed by atoms with Crippen LogP contribution in [0, 0.1) is 5.41 Å². The maximum Gasteiger partial charge on any atom is 0.144 e. The van der Waals surface area contributed by atoms with E-state index < -0.39 is 0 Å². The van der Waals surface area contributed by atoms with Crippen molar-refractivity contribution in [3.63, 3.8) is 0 Å². The van der Waals surface area contributed by atoms with Crippen LogP contribution in [0.25, 0.3) is 0 Å². The van der Waals surface area contributed by atoms with Gasteiger partial charge in [0.2, 0.25) is 0 Å². The van der Waals surface area contributed by atoms with Gasteiger partial charge in [0.1, 0.15) is 5.75 Å². The molecule has 0 radical (unpaired) electrons. The van der Waals surface area contributed by atoms with Gasteiger partial charge >= 0.3 is 0 Å². The summed E-state index contributed by atoms with van der Waals surface area (Å²) >= 11 is 0. The first-order valence-corrected chi connectivity index (χ1v) is 7.69. The normalized spacial score (nSPS) is 18.8. The molecule has 1 aromatic rings. The van der Waals surface area contributed by atoms with E-state index in [9.17, 15) is 0 Å². The van der Waals surface area contributed by atoms with Crippen molar-refractivity contribution < 1.29 is 4.74 Å². The molecule has 0 aromatic heterocycles. The number of benzene rings is 1. The molecule has 1 fully saturated rings. The third kappa shape index (κ3) is 3.20. The fourth-order valence-electron chi connectivity index (χ4n) is 3.09. The summed E-state index contributed by atoms with van der Waals surface area (Å²) in [7, 11) is 2.16. The molecule has 0 aliphatic heterocycles. The Balaban J connectivity index is 2.13. The maximum absolute atomic E-state index is 6.26. The lowest BCUT2D eigenvalue weighted by atomic mass is 9.75. The molecule has 0 unspecified atom stereocenters. The fourth-order valence-corrected chi connectivity index (χ4v) is 3.09. The van der Waals surface area contributed by atoms with Crippen molar-refractivity contribution in [2.75, 3.05) is 24.3 Å². The lowest BCUT2D eigenvalue weighted by molar-refractivity contribution is 0.222. The Hall–Kier alpha value is -1.38. The summed E-state index contributed by atoms with van der Waals surface area (Å²) in [5.41, 5.74) is 8.62. The maximum atomic E-state index is 6.26. The van der Waals surface area contributed by atoms with Crippen LogP contribution >= 0.6 is 0 Å². The van der Waals surface area contributed by atoms with E-state index in [-0.39, 0.29) is 0 Å². The van der Waals surface area contributed by atoms with Crippen molar-refractivity contribution in [1.82, 2.24) is 0 Å². The highest BCUT2D eigenvalue weighted by molar-refractivity contribution is 5.74. The van der Waals surface area contributed by atoms with Crippen LogP contribution in [0.2, 0.25) is 0 Å². The number of nitrogens with two attached hydrogens (primary N) is 1. The smallest absolute Gasteiger partial charge is 0.144 e. The lowest BCUT2D eigenvalue weighted by Gasteiger charge is -2.40. The van der Waals surface area contributed by atoms with Crippen LogP contribution in [0.4, 0.5) is 11.4 Å². The molecule has 0 saturated heterocycles. The Morgan fingerprint density at radius 1 is 1.30 bits per heavy atom. The number of para-hydroxylation sites is 1. The third-order valence-electron chi connectivity index (χ3n) is 4.58. The molecule has 3 nitrogen and oxygen atoms in total. The highest BCUT2D eigenvalue weighted by atomic mass is 16.5. The zero-order valence-electron chi connectivity index (χ0n) is 13.3. The number of hydrogen-bond acceptors (Lipinski definition) is 3. The van der Waals surface area contributed by atoms with Crippen LogP contribution in [0.15, 0.2) is 18.2 Å². The Morgan fingerprint density at radius 3 is 2.55 bits per heavy atom. The summed E-state index contributed by atoms with van der Waals surface area (Å²) in [6.07, 6.45) is 5.05. The lowest BCUT2D eigenvalue weighted by Crippen LogP contribution is -2.37. The van der Waals surface area contributed by atoms with Gasteiger partial charge in [-0.05, 0) is 50.2 Å². The highest BCUT2D eigenvalue weighted by Gasteiger charge is 2.29. The van der Waals surface area contributed by atoms with E-state index in [0.29, 0.717) is 18.1 Å². The zero-order valence-corrected chi connectivity index (χ0v) is 13.3. The molecule has 0 spiro atoms. The topological polar surface area (TPSA) is 38.5 Å². The van der Waals surface area contributed by atoms with Crippen LogP contribution in [-0.4, -0.2) is 19.7 Å². The number of anilines is 2. The van der Waals surface area contributed by atoms with Crippen LogP contribution in [0.1, 0.15) is 46.5 Å². The molecule has 0 amide bonds. The van der Waals surface area contributed by atoms with E-state index >= 15 is 0 Å². The molecule has 1 aliphatic rings. The monoisotopic (exact) mass is 276 g/mol. The van der Waals surface area contributed by atoms with Crippen LogP contribution in [0.3, 0.4) is 0 Å². The van der Waals surface area contributed by atoms with Crippen LogP contribution in [0.5, 0.6) is 5.75 Å². The van der Waals surface area contributed by atoms with Gasteiger partial charge in [-0.15, -0.1) is 0 Å². The summed E-state index contributed by atoms with van der Waals surface area (Å²) in [5, 5.41) is 0. The molecule has 1 aromatic carbocycles. The number of hydrogen-bond donors (Lipinski definition) is 1. The van der Waals surface area contributed by atoms with Crippen molar-refractivity contribution in [2.45, 2.75) is 52.5 Å². The largest absolute Gasteiger partial charge is 0.492 e. The van der Waals surface area contributed by atoms with Gasteiger partial charge in [-0.1, -0.05) is 19.9 Å². The molecular weight excluding hydrogens is 248 g/mol. The van der Waals surface area contributed by atoms with E-state index in [1.54, 1.807) is 0 Å². The second-order valence-electron chi connectivity index (χ2n) is 6.63. The number of rotatable bonds is 4. The van der Waals surface area contributed by atoms with Gasteiger partial charge in [0.05, 0.1) is 18.0 Å². The quantitative estimate of drug-likeness (QED) is 0.842. The predicted molar refractivity (Wildman–Crippen MR) is 86.5 cm³/mol. The summed E-state index contributed by atoms with van der Waals surface area (Å²) in [6, 6.07) is 6.65. The Kier molecular flexibility index (Phi) is 4.46. The number of ether oxygens (including phenoxy) is 1. The molecular formula is C17H28N2O. The van der Waals surface area contributed by atoms with Crippen molar-refractivity contribution >= 4 is 11.4 Å². The molecule has 1 saturated carbocycles. The van der Waals surface area contributed by atoms with Crippen molar-refractivity contribution in [1.29, 1.82) is 0 Å². The Bertz CT molecular complexity index is 446. The molecule has 112 valence electrons. The van der Waals surface area contributed by atoms with Gasteiger partial charge in [-0.25, -0.2) is 0 Å². The first kappa shape index (κ1) is 15.0. The minimum absolute atomic E-state index is 0.496. The van der Waals surface area contributed by atoms with Crippen molar-refractivity contribution in [3.8, 4) is 5.75 Å². The summed E-state index contributed by atoms with van der Waals surface area (Å²) in [4.78, 5) is 2.34. The number of nitrogens with zero attached hydrogens (tertiary/aromatic N) is 1. The average molecular weight is 276 g/mol. The molecule has 2 rings (SSSR count). The van der Waals surface area contributed by atoms with Crippen molar-refractivity contribution in [2.24, 2.45) is 5.41 Å². The Morgan fingerprint density at radius 2 is 1.95 bits per heavy atom. The highest BCUT2D eigenvalue weighted by Crippen LogP contribution is 2.40. The van der Waals surface area contributed by atoms with E-state index in [1.165, 1.54) is 25.7 Å². The molecule has 2 N–H and O–H groups in total. The minimum Gasteiger partial charge on any atom is -0.492 e. The minimum atomic E-state index is 0.496. The summed E-state index contributed by atoms with van der Waals surface area (Å²) < 4.78 is 5.60. The van der Waals surface area contributed by atoms with Gasteiger partial charge in [0.15, 0.2) is 0 Å². The Labute approximate surface area is 123 Å². The van der Waals surface area contributed by atoms with Gasteiger partial charge < -0.3 is 15.4 Å². The van der Waals surface area contributed by atoms with E-state index in [0.717, 1.165) is 17.1 Å². The second-order valence-corrected chi connectivity index (χ2v) is 6.63. The van der Waals surface area contributed by atoms with E-state index in [2.05, 4.69) is 31.9 Å². The predicted octanol–water partition coefficient (Wildman–Crippen LogP) is 4.07. The van der Waals surface area contributed by atoms with Crippen LogP contribution < -0.4 is 15.4 Å². The van der Waals surface area contributed by atoms with Crippen LogP contribution in [-0.2, 0) is 0 Å². The average Bonchev–Trinajstić information content (AvgIpc) is 2.41. The van der Waals surface area contributed by atoms with Gasteiger partial charge in [-0.2, -0.15) is 0 Å². The van der Waals surface area contributed by atoms with Gasteiger partial charge in [-0.3, -0.25) is 0 Å². The second kappa shape index (κ2) is 5.94. The zero-order chi connectivity index (χ0) is 14.8. The molecule has 1 aliphatic carbocycles. The van der Waals surface area contributed by atoms with E-state index in [4.69, 9.17) is 10.5 Å². The van der Waals surface area contributed by atoms with Gasteiger partial charge in [0, 0.05) is 13.1 Å². The molecule has 3 heteroatoms. The summed E-state index contributed by atoms with van der Waals surface area (Å²) in [6.45, 7) is 7.37. The first-order valence-electron chi connectivity index (χ1n) is 7.69. The van der Waals surface area contributed by atoms with Gasteiger partial charge in [0.25, 0.3) is 0 Å². The molecule has 0 atom stereocenters. The number of nitrogen functional groups attached to an aromatic ring is 1. The fraction of sp³-hybridized carbons (Fsp3) is 0.647. The summed E-state index contributed by atoms with van der Waals surface area (Å²) in [5.74, 6) is 0.799.